The number of carboxylic acids is 1. The molecule has 5 heteroatoms. The molecule has 0 unspecified atom stereocenters. The SMILES string of the molecule is CC(=N)C(=N)c1ccccc1NCC(=O)O. The highest BCUT2D eigenvalue weighted by Gasteiger charge is 2.09. The molecular weight excluding hydrogens is 206 g/mol. The van der Waals surface area contributed by atoms with Crippen LogP contribution in [0.5, 0.6) is 0 Å². The second-order valence-electron chi connectivity index (χ2n) is 3.29. The van der Waals surface area contributed by atoms with E-state index in [2.05, 4.69) is 5.32 Å². The normalized spacial score (nSPS) is 9.56. The quantitative estimate of drug-likeness (QED) is 0.566. The number of para-hydroxylation sites is 1. The Morgan fingerprint density at radius 2 is 2.00 bits per heavy atom. The highest BCUT2D eigenvalue weighted by atomic mass is 16.4. The summed E-state index contributed by atoms with van der Waals surface area (Å²) in [7, 11) is 0. The highest BCUT2D eigenvalue weighted by molar-refractivity contribution is 6.46. The van der Waals surface area contributed by atoms with E-state index >= 15 is 0 Å². The summed E-state index contributed by atoms with van der Waals surface area (Å²) < 4.78 is 0. The molecule has 1 aromatic carbocycles. The van der Waals surface area contributed by atoms with Crippen molar-refractivity contribution in [3.63, 3.8) is 0 Å². The average molecular weight is 219 g/mol. The predicted molar refractivity (Wildman–Crippen MR) is 62.8 cm³/mol. The molecule has 4 N–H and O–H groups in total. The monoisotopic (exact) mass is 219 g/mol. The summed E-state index contributed by atoms with van der Waals surface area (Å²) >= 11 is 0. The third-order valence-electron chi connectivity index (χ3n) is 2.00. The molecule has 0 bridgehead atoms. The zero-order chi connectivity index (χ0) is 12.1. The minimum absolute atomic E-state index is 0.0912. The molecule has 16 heavy (non-hydrogen) atoms. The lowest BCUT2D eigenvalue weighted by molar-refractivity contribution is -0.134. The van der Waals surface area contributed by atoms with E-state index in [1.165, 1.54) is 6.92 Å². The number of nitrogens with one attached hydrogen (secondary N) is 3. The molecule has 0 radical (unpaired) electrons. The molecule has 1 aromatic rings. The van der Waals surface area contributed by atoms with Gasteiger partial charge in [0.05, 0.1) is 11.4 Å². The number of rotatable bonds is 5. The van der Waals surface area contributed by atoms with Gasteiger partial charge in [0, 0.05) is 11.3 Å². The van der Waals surface area contributed by atoms with Crippen molar-refractivity contribution >= 4 is 23.1 Å². The Bertz CT molecular complexity index is 441. The maximum absolute atomic E-state index is 10.4. The number of benzene rings is 1. The van der Waals surface area contributed by atoms with E-state index in [1.54, 1.807) is 24.3 Å². The molecule has 0 aliphatic carbocycles. The van der Waals surface area contributed by atoms with Crippen LogP contribution >= 0.6 is 0 Å². The van der Waals surface area contributed by atoms with Gasteiger partial charge in [-0.3, -0.25) is 10.2 Å². The molecule has 0 saturated carbocycles. The number of carboxylic acid groups (broad SMARTS) is 1. The van der Waals surface area contributed by atoms with Gasteiger partial charge in [-0.2, -0.15) is 0 Å². The van der Waals surface area contributed by atoms with Gasteiger partial charge in [-0.25, -0.2) is 0 Å². The van der Waals surface area contributed by atoms with Crippen LogP contribution in [-0.2, 0) is 4.79 Å². The van der Waals surface area contributed by atoms with Crippen LogP contribution in [0.15, 0.2) is 24.3 Å². The Balaban J connectivity index is 2.96. The zero-order valence-electron chi connectivity index (χ0n) is 8.87. The molecule has 0 amide bonds. The molecule has 0 heterocycles. The second-order valence-corrected chi connectivity index (χ2v) is 3.29. The van der Waals surface area contributed by atoms with E-state index in [1.807, 2.05) is 0 Å². The molecule has 0 spiro atoms. The first-order valence-electron chi connectivity index (χ1n) is 4.71. The first kappa shape index (κ1) is 11.9. The Labute approximate surface area is 93.1 Å². The first-order chi connectivity index (χ1) is 7.52. The number of carbonyl (C=O) groups is 1. The molecule has 0 atom stereocenters. The highest BCUT2D eigenvalue weighted by Crippen LogP contribution is 2.15. The van der Waals surface area contributed by atoms with Crippen LogP contribution in [0.4, 0.5) is 5.69 Å². The standard InChI is InChI=1S/C11H13N3O2/c1-7(12)11(13)8-4-2-3-5-9(8)14-6-10(15)16/h2-5,12-14H,6H2,1H3,(H,15,16). The maximum atomic E-state index is 10.4. The van der Waals surface area contributed by atoms with Gasteiger partial charge in [0.1, 0.15) is 6.54 Å². The van der Waals surface area contributed by atoms with Crippen molar-refractivity contribution < 1.29 is 9.90 Å². The molecule has 1 rings (SSSR count). The van der Waals surface area contributed by atoms with Crippen LogP contribution in [-0.4, -0.2) is 29.0 Å². The van der Waals surface area contributed by atoms with Crippen molar-refractivity contribution in [3.8, 4) is 0 Å². The lowest BCUT2D eigenvalue weighted by atomic mass is 10.0. The van der Waals surface area contributed by atoms with Crippen LogP contribution in [0.25, 0.3) is 0 Å². The van der Waals surface area contributed by atoms with Crippen LogP contribution in [0.3, 0.4) is 0 Å². The van der Waals surface area contributed by atoms with Crippen molar-refractivity contribution in [1.29, 1.82) is 10.8 Å². The van der Waals surface area contributed by atoms with Crippen molar-refractivity contribution in [3.05, 3.63) is 29.8 Å². The summed E-state index contributed by atoms with van der Waals surface area (Å²) in [6.07, 6.45) is 0. The van der Waals surface area contributed by atoms with Gasteiger partial charge >= 0.3 is 5.97 Å². The van der Waals surface area contributed by atoms with Gasteiger partial charge in [0.15, 0.2) is 0 Å². The van der Waals surface area contributed by atoms with E-state index < -0.39 is 5.97 Å². The Kier molecular flexibility index (Phi) is 3.77. The van der Waals surface area contributed by atoms with Crippen LogP contribution in [0, 0.1) is 10.8 Å². The number of anilines is 1. The van der Waals surface area contributed by atoms with Crippen LogP contribution in [0.1, 0.15) is 12.5 Å². The van der Waals surface area contributed by atoms with Crippen molar-refractivity contribution in [1.82, 2.24) is 0 Å². The third kappa shape index (κ3) is 2.91. The summed E-state index contributed by atoms with van der Waals surface area (Å²) in [6, 6.07) is 6.87. The molecule has 0 aromatic heterocycles. The lowest BCUT2D eigenvalue weighted by Crippen LogP contribution is -2.17. The fourth-order valence-electron chi connectivity index (χ4n) is 1.23. The fourth-order valence-corrected chi connectivity index (χ4v) is 1.23. The number of hydrogen-bond acceptors (Lipinski definition) is 4. The molecular formula is C11H13N3O2. The molecule has 0 aliphatic heterocycles. The minimum atomic E-state index is -0.965. The van der Waals surface area contributed by atoms with Crippen LogP contribution in [0.2, 0.25) is 0 Å². The van der Waals surface area contributed by atoms with Crippen molar-refractivity contribution in [2.75, 3.05) is 11.9 Å². The largest absolute Gasteiger partial charge is 0.480 e. The Morgan fingerprint density at radius 3 is 2.56 bits per heavy atom. The van der Waals surface area contributed by atoms with Gasteiger partial charge in [-0.15, -0.1) is 0 Å². The lowest BCUT2D eigenvalue weighted by Gasteiger charge is -2.10. The van der Waals surface area contributed by atoms with E-state index in [0.717, 1.165) is 0 Å². The number of hydrogen-bond donors (Lipinski definition) is 4. The average Bonchev–Trinajstić information content (AvgIpc) is 2.25. The second kappa shape index (κ2) is 5.06. The van der Waals surface area contributed by atoms with E-state index in [-0.39, 0.29) is 18.0 Å². The van der Waals surface area contributed by atoms with Crippen LogP contribution < -0.4 is 5.32 Å². The smallest absolute Gasteiger partial charge is 0.322 e. The Morgan fingerprint density at radius 1 is 1.38 bits per heavy atom. The minimum Gasteiger partial charge on any atom is -0.480 e. The fraction of sp³-hybridized carbons (Fsp3) is 0.182. The third-order valence-corrected chi connectivity index (χ3v) is 2.00. The Hall–Kier alpha value is -2.17. The van der Waals surface area contributed by atoms with Gasteiger partial charge in [-0.05, 0) is 13.0 Å². The van der Waals surface area contributed by atoms with Gasteiger partial charge in [-0.1, -0.05) is 18.2 Å². The number of aliphatic carboxylic acids is 1. The summed E-state index contributed by atoms with van der Waals surface area (Å²) in [5.74, 6) is -0.965. The van der Waals surface area contributed by atoms with Gasteiger partial charge in [0.2, 0.25) is 0 Å². The zero-order valence-corrected chi connectivity index (χ0v) is 8.87. The summed E-state index contributed by atoms with van der Waals surface area (Å²) in [6.45, 7) is 1.32. The summed E-state index contributed by atoms with van der Waals surface area (Å²) in [5, 5.41) is 26.3. The van der Waals surface area contributed by atoms with E-state index in [0.29, 0.717) is 11.3 Å². The van der Waals surface area contributed by atoms with Crippen molar-refractivity contribution in [2.24, 2.45) is 0 Å². The summed E-state index contributed by atoms with van der Waals surface area (Å²) in [5.41, 5.74) is 1.33. The topological polar surface area (TPSA) is 97.0 Å². The van der Waals surface area contributed by atoms with Gasteiger partial charge < -0.3 is 15.8 Å². The predicted octanol–water partition coefficient (Wildman–Crippen LogP) is 1.59. The summed E-state index contributed by atoms with van der Waals surface area (Å²) in [4.78, 5) is 10.4. The molecule has 0 aliphatic rings. The molecule has 0 saturated heterocycles. The first-order valence-corrected chi connectivity index (χ1v) is 4.71. The molecule has 5 nitrogen and oxygen atoms in total. The maximum Gasteiger partial charge on any atom is 0.322 e. The van der Waals surface area contributed by atoms with Gasteiger partial charge in [0.25, 0.3) is 0 Å². The van der Waals surface area contributed by atoms with Crippen molar-refractivity contribution in [2.45, 2.75) is 6.92 Å². The van der Waals surface area contributed by atoms with E-state index in [9.17, 15) is 4.79 Å². The molecule has 84 valence electrons. The molecule has 0 fully saturated rings. The van der Waals surface area contributed by atoms with E-state index in [4.69, 9.17) is 15.9 Å².